The Morgan fingerprint density at radius 2 is 1.88 bits per heavy atom. The minimum absolute atomic E-state index is 0.0586. The van der Waals surface area contributed by atoms with Crippen molar-refractivity contribution in [3.8, 4) is 0 Å². The van der Waals surface area contributed by atoms with Gasteiger partial charge in [-0.05, 0) is 54.3 Å². The van der Waals surface area contributed by atoms with Gasteiger partial charge in [0, 0.05) is 23.0 Å². The van der Waals surface area contributed by atoms with Crippen LogP contribution >= 0.6 is 11.6 Å². The monoisotopic (exact) mass is 491 g/mol. The van der Waals surface area contributed by atoms with E-state index in [1.54, 1.807) is 0 Å². The molecule has 0 bridgehead atoms. The molecule has 2 N–H and O–H groups in total. The molecule has 2 amide bonds. The Bertz CT molecular complexity index is 1250. The summed E-state index contributed by atoms with van der Waals surface area (Å²) in [6.07, 6.45) is -1.72. The van der Waals surface area contributed by atoms with E-state index in [2.05, 4.69) is 4.98 Å². The van der Waals surface area contributed by atoms with E-state index in [0.29, 0.717) is 5.56 Å². The highest BCUT2D eigenvalue weighted by Crippen LogP contribution is 2.44. The van der Waals surface area contributed by atoms with Crippen LogP contribution in [0.15, 0.2) is 60.9 Å². The number of fused-ring (bicyclic) bond motifs is 1. The number of halogens is 5. The topological polar surface area (TPSA) is 76.3 Å². The molecular weight excluding hydrogens is 474 g/mol. The molecule has 176 valence electrons. The first-order valence-corrected chi connectivity index (χ1v) is 10.6. The van der Waals surface area contributed by atoms with Crippen LogP contribution in [0.4, 0.5) is 17.6 Å². The quantitative estimate of drug-likeness (QED) is 0.495. The van der Waals surface area contributed by atoms with Gasteiger partial charge in [0.2, 0.25) is 5.91 Å². The fourth-order valence-electron chi connectivity index (χ4n) is 4.40. The van der Waals surface area contributed by atoms with E-state index in [1.807, 2.05) is 0 Å². The number of carbonyl (C=O) groups is 2. The number of alkyl halides is 3. The second-order valence-electron chi connectivity index (χ2n) is 7.86. The molecule has 0 saturated carbocycles. The SMILES string of the molecule is NC(=O)C(c1cccnc1)N(C(=O)c1ccccc1C(F)(F)F)[C@@H]1CCc2c(F)cc(Cl)cc21. The van der Waals surface area contributed by atoms with E-state index in [4.69, 9.17) is 17.3 Å². The normalized spacial score (nSPS) is 16.1. The van der Waals surface area contributed by atoms with Crippen LogP contribution in [0.3, 0.4) is 0 Å². The van der Waals surface area contributed by atoms with E-state index < -0.39 is 47.0 Å². The van der Waals surface area contributed by atoms with Crippen molar-refractivity contribution in [1.82, 2.24) is 9.88 Å². The van der Waals surface area contributed by atoms with Gasteiger partial charge in [0.25, 0.3) is 5.91 Å². The molecule has 1 aliphatic carbocycles. The second kappa shape index (κ2) is 9.06. The van der Waals surface area contributed by atoms with Crippen LogP contribution in [0.5, 0.6) is 0 Å². The number of primary amides is 1. The number of hydrogen-bond acceptors (Lipinski definition) is 3. The maximum Gasteiger partial charge on any atom is 0.417 e. The molecule has 5 nitrogen and oxygen atoms in total. The van der Waals surface area contributed by atoms with Crippen molar-refractivity contribution in [1.29, 1.82) is 0 Å². The van der Waals surface area contributed by atoms with Crippen LogP contribution in [0.1, 0.15) is 51.1 Å². The lowest BCUT2D eigenvalue weighted by molar-refractivity contribution is -0.138. The Balaban J connectivity index is 1.93. The predicted octanol–water partition coefficient (Wildman–Crippen LogP) is 5.25. The summed E-state index contributed by atoms with van der Waals surface area (Å²) in [6, 6.07) is 7.45. The van der Waals surface area contributed by atoms with E-state index >= 15 is 0 Å². The zero-order valence-electron chi connectivity index (χ0n) is 17.5. The van der Waals surface area contributed by atoms with Crippen LogP contribution in [-0.4, -0.2) is 21.7 Å². The molecule has 2 atom stereocenters. The Hall–Kier alpha value is -3.46. The molecule has 2 aromatic carbocycles. The highest BCUT2D eigenvalue weighted by molar-refractivity contribution is 6.30. The third-order valence-corrected chi connectivity index (χ3v) is 6.02. The predicted molar refractivity (Wildman–Crippen MR) is 116 cm³/mol. The molecule has 0 aliphatic heterocycles. The number of aromatic nitrogens is 1. The lowest BCUT2D eigenvalue weighted by atomic mass is 9.97. The van der Waals surface area contributed by atoms with Crippen molar-refractivity contribution in [2.24, 2.45) is 5.73 Å². The zero-order valence-corrected chi connectivity index (χ0v) is 18.3. The molecule has 0 spiro atoms. The zero-order chi connectivity index (χ0) is 24.6. The first kappa shape index (κ1) is 23.7. The van der Waals surface area contributed by atoms with Crippen molar-refractivity contribution < 1.29 is 27.2 Å². The lowest BCUT2D eigenvalue weighted by Crippen LogP contribution is -2.44. The van der Waals surface area contributed by atoms with Gasteiger partial charge in [0.05, 0.1) is 17.2 Å². The summed E-state index contributed by atoms with van der Waals surface area (Å²) in [6.45, 7) is 0. The molecule has 0 radical (unpaired) electrons. The molecule has 4 rings (SSSR count). The fourth-order valence-corrected chi connectivity index (χ4v) is 4.62. The van der Waals surface area contributed by atoms with Crippen LogP contribution in [-0.2, 0) is 17.4 Å². The Morgan fingerprint density at radius 3 is 2.53 bits per heavy atom. The number of nitrogens with zero attached hydrogens (tertiary/aromatic N) is 2. The number of carbonyl (C=O) groups excluding carboxylic acids is 2. The van der Waals surface area contributed by atoms with Gasteiger partial charge in [0.1, 0.15) is 11.9 Å². The van der Waals surface area contributed by atoms with Crippen molar-refractivity contribution in [3.63, 3.8) is 0 Å². The molecule has 0 saturated heterocycles. The molecule has 10 heteroatoms. The molecule has 1 unspecified atom stereocenters. The minimum Gasteiger partial charge on any atom is -0.368 e. The highest BCUT2D eigenvalue weighted by Gasteiger charge is 2.43. The third-order valence-electron chi connectivity index (χ3n) is 5.80. The average Bonchev–Trinajstić information content (AvgIpc) is 3.20. The van der Waals surface area contributed by atoms with Crippen LogP contribution in [0, 0.1) is 5.82 Å². The summed E-state index contributed by atoms with van der Waals surface area (Å²) in [7, 11) is 0. The molecule has 1 heterocycles. The number of amides is 2. The summed E-state index contributed by atoms with van der Waals surface area (Å²) >= 11 is 6.05. The highest BCUT2D eigenvalue weighted by atomic mass is 35.5. The summed E-state index contributed by atoms with van der Waals surface area (Å²) in [5, 5.41) is 0.0586. The summed E-state index contributed by atoms with van der Waals surface area (Å²) < 4.78 is 55.8. The van der Waals surface area contributed by atoms with Crippen molar-refractivity contribution >= 4 is 23.4 Å². The van der Waals surface area contributed by atoms with E-state index in [1.165, 1.54) is 36.7 Å². The first-order chi connectivity index (χ1) is 16.1. The Labute approximate surface area is 197 Å². The first-order valence-electron chi connectivity index (χ1n) is 10.3. The standard InChI is InChI=1S/C24H18ClF4N3O2/c25-14-10-17-15(19(26)11-14)7-8-20(17)32(21(22(30)33)13-4-3-9-31-12-13)23(34)16-5-1-2-6-18(16)24(27,28)29/h1-6,9-12,20-21H,7-8H2,(H2,30,33)/t20-,21?/m1/s1. The van der Waals surface area contributed by atoms with Crippen molar-refractivity contribution in [3.05, 3.63) is 99.6 Å². The summed E-state index contributed by atoms with van der Waals surface area (Å²) in [4.78, 5) is 31.4. The van der Waals surface area contributed by atoms with Gasteiger partial charge in [-0.1, -0.05) is 29.8 Å². The second-order valence-corrected chi connectivity index (χ2v) is 8.29. The summed E-state index contributed by atoms with van der Waals surface area (Å²) in [5.41, 5.74) is 4.68. The van der Waals surface area contributed by atoms with Crippen LogP contribution in [0.25, 0.3) is 0 Å². The Morgan fingerprint density at radius 1 is 1.15 bits per heavy atom. The molecule has 34 heavy (non-hydrogen) atoms. The van der Waals surface area contributed by atoms with E-state index in [-0.39, 0.29) is 29.0 Å². The van der Waals surface area contributed by atoms with Gasteiger partial charge in [-0.2, -0.15) is 13.2 Å². The number of nitrogens with two attached hydrogens (primary N) is 1. The number of benzene rings is 2. The van der Waals surface area contributed by atoms with E-state index in [9.17, 15) is 27.2 Å². The van der Waals surface area contributed by atoms with Gasteiger partial charge in [-0.25, -0.2) is 4.39 Å². The van der Waals surface area contributed by atoms with E-state index in [0.717, 1.165) is 29.2 Å². The van der Waals surface area contributed by atoms with Gasteiger partial charge in [-0.3, -0.25) is 14.6 Å². The maximum absolute atomic E-state index is 14.6. The average molecular weight is 492 g/mol. The number of pyridine rings is 1. The van der Waals surface area contributed by atoms with Gasteiger partial charge >= 0.3 is 6.18 Å². The molecule has 3 aromatic rings. The summed E-state index contributed by atoms with van der Waals surface area (Å²) in [5.74, 6) is -2.63. The molecule has 1 aliphatic rings. The van der Waals surface area contributed by atoms with Crippen molar-refractivity contribution in [2.45, 2.75) is 31.1 Å². The van der Waals surface area contributed by atoms with Gasteiger partial charge in [0.15, 0.2) is 0 Å². The smallest absolute Gasteiger partial charge is 0.368 e. The van der Waals surface area contributed by atoms with Crippen LogP contribution in [0.2, 0.25) is 5.02 Å². The molecule has 1 aromatic heterocycles. The third kappa shape index (κ3) is 4.35. The number of rotatable bonds is 5. The maximum atomic E-state index is 14.6. The van der Waals surface area contributed by atoms with Crippen LogP contribution < -0.4 is 5.73 Å². The number of hydrogen-bond donors (Lipinski definition) is 1. The van der Waals surface area contributed by atoms with Gasteiger partial charge in [-0.15, -0.1) is 0 Å². The minimum atomic E-state index is -4.82. The lowest BCUT2D eigenvalue weighted by Gasteiger charge is -2.36. The Kier molecular flexibility index (Phi) is 6.31. The van der Waals surface area contributed by atoms with Crippen molar-refractivity contribution in [2.75, 3.05) is 0 Å². The van der Waals surface area contributed by atoms with Gasteiger partial charge < -0.3 is 10.6 Å². The largest absolute Gasteiger partial charge is 0.417 e. The molecule has 0 fully saturated rings. The molecular formula is C24H18ClF4N3O2. The fraction of sp³-hybridized carbons (Fsp3) is 0.208.